The number of rotatable bonds is 2. The minimum Gasteiger partial charge on any atom is -0.478 e. The molecule has 2 rings (SSSR count). The van der Waals surface area contributed by atoms with Crippen molar-refractivity contribution in [3.63, 3.8) is 0 Å². The Hall–Kier alpha value is -2.14. The first-order valence-electron chi connectivity index (χ1n) is 10.6. The quantitative estimate of drug-likeness (QED) is 0.333. The van der Waals surface area contributed by atoms with Crippen molar-refractivity contribution in [1.82, 2.24) is 0 Å². The molecule has 0 aliphatic carbocycles. The van der Waals surface area contributed by atoms with Gasteiger partial charge in [0.05, 0.1) is 22.3 Å². The maximum atomic E-state index is 10.2. The van der Waals surface area contributed by atoms with Gasteiger partial charge in [-0.1, -0.05) is 36.4 Å². The maximum Gasteiger partial charge on any atom is 0.335 e. The summed E-state index contributed by atoms with van der Waals surface area (Å²) in [5.74, 6) is -1.76. The van der Waals surface area contributed by atoms with E-state index in [4.69, 9.17) is 20.4 Å². The van der Waals surface area contributed by atoms with E-state index in [1.807, 2.05) is 0 Å². The second-order valence-electron chi connectivity index (χ2n) is 10.2. The Morgan fingerprint density at radius 2 is 0.794 bits per heavy atom. The third-order valence-electron chi connectivity index (χ3n) is 2.40. The van der Waals surface area contributed by atoms with E-state index in [0.717, 1.165) is 0 Å². The molecule has 0 fully saturated rings. The average molecular weight is 646 g/mol. The second-order valence-corrected chi connectivity index (χ2v) is 11.0. The molecule has 0 spiro atoms. The molecule has 0 saturated heterocycles. The molecule has 2 aromatic carbocycles. The number of aliphatic hydroxyl groups is 2. The summed E-state index contributed by atoms with van der Waals surface area (Å²) in [4.78, 5) is 20.4. The van der Waals surface area contributed by atoms with Crippen molar-refractivity contribution in [2.45, 2.75) is 73.5 Å². The molecule has 2 aromatic rings. The zero-order valence-corrected chi connectivity index (χ0v) is 24.8. The van der Waals surface area contributed by atoms with Gasteiger partial charge in [0, 0.05) is 0 Å². The minimum atomic E-state index is -0.879. The first kappa shape index (κ1) is 36.4. The van der Waals surface area contributed by atoms with Crippen LogP contribution in [0.1, 0.15) is 83.0 Å². The van der Waals surface area contributed by atoms with Crippen LogP contribution in [0.25, 0.3) is 0 Å². The van der Waals surface area contributed by atoms with Gasteiger partial charge in [-0.3, -0.25) is 0 Å². The van der Waals surface area contributed by atoms with E-state index in [1.165, 1.54) is 0 Å². The van der Waals surface area contributed by atoms with Crippen LogP contribution in [-0.2, 0) is 19.4 Å². The summed E-state index contributed by atoms with van der Waals surface area (Å²) in [7, 11) is 0. The summed E-state index contributed by atoms with van der Waals surface area (Å²) in [6.45, 7) is 17.1. The number of hydrogen-bond acceptors (Lipinski definition) is 4. The van der Waals surface area contributed by atoms with Gasteiger partial charge in [0.25, 0.3) is 0 Å². The zero-order chi connectivity index (χ0) is 27.6. The van der Waals surface area contributed by atoms with E-state index in [1.54, 1.807) is 122 Å². The predicted molar refractivity (Wildman–Crippen MR) is 136 cm³/mol. The van der Waals surface area contributed by atoms with Crippen molar-refractivity contribution >= 4 is 16.3 Å². The molecule has 7 heteroatoms. The largest absolute Gasteiger partial charge is 0.478 e. The van der Waals surface area contributed by atoms with Crippen molar-refractivity contribution in [3.8, 4) is 0 Å². The first-order valence-corrected chi connectivity index (χ1v) is 12.3. The van der Waals surface area contributed by atoms with Crippen LogP contribution in [-0.4, -0.2) is 48.0 Å². The van der Waals surface area contributed by atoms with Gasteiger partial charge in [-0.2, -0.15) is 0 Å². The molecule has 0 aliphatic rings. The molecule has 0 amide bonds. The molecule has 0 saturated carbocycles. The standard InChI is InChI=1S/2C7H6O2.C5H10.2C4H10O.W/c2*8-7(9)6-4-2-1-3-5-6;1-5(2,3)4;2*1-4(2,3)5;/h2*1-5H,(H,8,9);1H,2-4H3;2*5H,1-3H3;. The molecular weight excluding hydrogens is 604 g/mol. The van der Waals surface area contributed by atoms with Crippen molar-refractivity contribution in [2.75, 3.05) is 0 Å². The van der Waals surface area contributed by atoms with E-state index in [0.29, 0.717) is 16.5 Å². The van der Waals surface area contributed by atoms with E-state index in [9.17, 15) is 9.59 Å². The average Bonchev–Trinajstić information content (AvgIpc) is 2.67. The van der Waals surface area contributed by atoms with Crippen LogP contribution in [0.15, 0.2) is 60.7 Å². The van der Waals surface area contributed by atoms with Gasteiger partial charge in [0.15, 0.2) is 0 Å². The number of carboxylic acids is 2. The van der Waals surface area contributed by atoms with Gasteiger partial charge < -0.3 is 20.4 Å². The summed E-state index contributed by atoms with van der Waals surface area (Å²) >= 11 is 1.57. The summed E-state index contributed by atoms with van der Waals surface area (Å²) in [5.41, 5.74) is 0.116. The molecule has 0 aromatic heterocycles. The molecule has 0 unspecified atom stereocenters. The van der Waals surface area contributed by atoms with Crippen molar-refractivity contribution in [2.24, 2.45) is 5.41 Å². The summed E-state index contributed by atoms with van der Waals surface area (Å²) in [5, 5.41) is 33.8. The normalized spacial score (nSPS) is 10.2. The summed E-state index contributed by atoms with van der Waals surface area (Å²) in [6, 6.07) is 16.6. The fourth-order valence-corrected chi connectivity index (χ4v) is 1.16. The number of hydrogen-bond donors (Lipinski definition) is 4. The molecule has 34 heavy (non-hydrogen) atoms. The van der Waals surface area contributed by atoms with Crippen LogP contribution < -0.4 is 0 Å². The molecule has 0 heterocycles. The Labute approximate surface area is 216 Å². The van der Waals surface area contributed by atoms with Gasteiger partial charge in [-0.15, -0.1) is 0 Å². The molecule has 4 N–H and O–H groups in total. The van der Waals surface area contributed by atoms with Crippen LogP contribution >= 0.6 is 0 Å². The predicted octanol–water partition coefficient (Wildman–Crippen LogP) is 5.71. The second kappa shape index (κ2) is 18.2. The fraction of sp³-hybridized carbons (Fsp3) is 0.444. The molecule has 0 radical (unpaired) electrons. The van der Waals surface area contributed by atoms with Gasteiger partial charge >= 0.3 is 61.9 Å². The number of aromatic carboxylic acids is 2. The minimum absolute atomic E-state index is 0.331. The van der Waals surface area contributed by atoms with Crippen LogP contribution in [0.5, 0.6) is 0 Å². The van der Waals surface area contributed by atoms with E-state index in [2.05, 4.69) is 25.2 Å². The topological polar surface area (TPSA) is 115 Å². The Morgan fingerprint density at radius 3 is 0.882 bits per heavy atom. The van der Waals surface area contributed by atoms with Crippen molar-refractivity contribution < 1.29 is 49.4 Å². The maximum absolute atomic E-state index is 10.2. The smallest absolute Gasteiger partial charge is 0.335 e. The monoisotopic (exact) mass is 646 g/mol. The molecular formula is C27H42O6W. The Bertz CT molecular complexity index is 725. The summed E-state index contributed by atoms with van der Waals surface area (Å²) < 4.78 is 2.27. The van der Waals surface area contributed by atoms with Crippen LogP contribution in [0.2, 0.25) is 0 Å². The van der Waals surface area contributed by atoms with E-state index < -0.39 is 23.1 Å². The first-order chi connectivity index (χ1) is 15.2. The molecule has 0 aliphatic heterocycles. The van der Waals surface area contributed by atoms with Crippen LogP contribution in [0, 0.1) is 5.41 Å². The number of benzene rings is 2. The van der Waals surface area contributed by atoms with Crippen LogP contribution in [0.3, 0.4) is 0 Å². The Kier molecular flexibility index (Phi) is 19.5. The number of carbonyl (C=O) groups is 2. The van der Waals surface area contributed by atoms with Gasteiger partial charge in [0.1, 0.15) is 0 Å². The zero-order valence-electron chi connectivity index (χ0n) is 21.9. The third-order valence-corrected chi connectivity index (χ3v) is 4.94. The SMILES string of the molecule is CC(C)(C)O.CC(C)(C)O.CC(C)(C)[CH]=[W].O=C(O)c1ccccc1.O=C(O)c1ccccc1. The van der Waals surface area contributed by atoms with E-state index >= 15 is 0 Å². The van der Waals surface area contributed by atoms with E-state index in [-0.39, 0.29) is 0 Å². The van der Waals surface area contributed by atoms with Crippen LogP contribution in [0.4, 0.5) is 0 Å². The molecule has 0 bridgehead atoms. The molecule has 192 valence electrons. The van der Waals surface area contributed by atoms with Crippen molar-refractivity contribution in [1.29, 1.82) is 0 Å². The third kappa shape index (κ3) is 40.2. The summed E-state index contributed by atoms with van der Waals surface area (Å²) in [6.07, 6.45) is 0. The Balaban J connectivity index is -0.000000364. The fourth-order valence-electron chi connectivity index (χ4n) is 1.16. The number of carboxylic acid groups (broad SMARTS) is 2. The molecule has 6 nitrogen and oxygen atoms in total. The molecule has 0 atom stereocenters. The Morgan fingerprint density at radius 1 is 0.618 bits per heavy atom. The van der Waals surface area contributed by atoms with Gasteiger partial charge in [-0.05, 0) is 65.8 Å². The van der Waals surface area contributed by atoms with Gasteiger partial charge in [-0.25, -0.2) is 9.59 Å². The van der Waals surface area contributed by atoms with Crippen molar-refractivity contribution in [3.05, 3.63) is 71.8 Å². The van der Waals surface area contributed by atoms with Gasteiger partial charge in [0.2, 0.25) is 0 Å².